The average Bonchev–Trinajstić information content (AvgIpc) is 2.82. The predicted molar refractivity (Wildman–Crippen MR) is 78.7 cm³/mol. The van der Waals surface area contributed by atoms with E-state index >= 15 is 0 Å². The van der Waals surface area contributed by atoms with Crippen LogP contribution in [0.15, 0.2) is 18.2 Å². The van der Waals surface area contributed by atoms with E-state index in [9.17, 15) is 9.59 Å². The summed E-state index contributed by atoms with van der Waals surface area (Å²) in [5, 5.41) is 2.72. The Kier molecular flexibility index (Phi) is 3.31. The van der Waals surface area contributed by atoms with E-state index in [-0.39, 0.29) is 19.2 Å². The SMILES string of the molecule is CC(C)(C)OC(=O)C1=CCNC(=O)c2ccc3c(c21)OCO3. The molecule has 0 bridgehead atoms. The Morgan fingerprint density at radius 2 is 2.05 bits per heavy atom. The van der Waals surface area contributed by atoms with Gasteiger partial charge in [0.05, 0.1) is 11.1 Å². The van der Waals surface area contributed by atoms with Gasteiger partial charge >= 0.3 is 5.97 Å². The first kappa shape index (κ1) is 14.4. The minimum atomic E-state index is -0.628. The van der Waals surface area contributed by atoms with Gasteiger partial charge in [-0.1, -0.05) is 6.08 Å². The highest BCUT2D eigenvalue weighted by Crippen LogP contribution is 2.42. The van der Waals surface area contributed by atoms with Crippen LogP contribution in [0.25, 0.3) is 5.57 Å². The number of carbonyl (C=O) groups excluding carboxylic acids is 2. The van der Waals surface area contributed by atoms with Crippen LogP contribution in [-0.2, 0) is 9.53 Å². The first-order valence-corrected chi connectivity index (χ1v) is 7.01. The molecule has 0 saturated heterocycles. The minimum Gasteiger partial charge on any atom is -0.456 e. The van der Waals surface area contributed by atoms with E-state index in [1.807, 2.05) is 0 Å². The number of esters is 1. The van der Waals surface area contributed by atoms with E-state index in [2.05, 4.69) is 5.32 Å². The highest BCUT2D eigenvalue weighted by molar-refractivity contribution is 6.21. The van der Waals surface area contributed by atoms with Crippen molar-refractivity contribution in [2.75, 3.05) is 13.3 Å². The Morgan fingerprint density at radius 1 is 1.27 bits per heavy atom. The third-order valence-corrected chi connectivity index (χ3v) is 3.24. The largest absolute Gasteiger partial charge is 0.456 e. The molecule has 0 aromatic heterocycles. The number of nitrogens with one attached hydrogen (secondary N) is 1. The zero-order valence-corrected chi connectivity index (χ0v) is 12.7. The summed E-state index contributed by atoms with van der Waals surface area (Å²) in [4.78, 5) is 24.7. The van der Waals surface area contributed by atoms with Gasteiger partial charge in [0.1, 0.15) is 5.60 Å². The van der Waals surface area contributed by atoms with Crippen molar-refractivity contribution in [2.45, 2.75) is 26.4 Å². The maximum Gasteiger partial charge on any atom is 0.339 e. The van der Waals surface area contributed by atoms with Gasteiger partial charge in [0.25, 0.3) is 5.91 Å². The van der Waals surface area contributed by atoms with Crippen molar-refractivity contribution in [2.24, 2.45) is 0 Å². The number of carbonyl (C=O) groups is 2. The summed E-state index contributed by atoms with van der Waals surface area (Å²) >= 11 is 0. The summed E-state index contributed by atoms with van der Waals surface area (Å²) in [5.41, 5.74) is 0.487. The molecule has 0 aliphatic carbocycles. The molecule has 0 atom stereocenters. The number of ether oxygens (including phenoxy) is 3. The molecular weight excluding hydrogens is 286 g/mol. The van der Waals surface area contributed by atoms with Gasteiger partial charge in [-0.05, 0) is 32.9 Å². The fourth-order valence-electron chi connectivity index (χ4n) is 2.39. The van der Waals surface area contributed by atoms with Crippen LogP contribution < -0.4 is 14.8 Å². The van der Waals surface area contributed by atoms with Gasteiger partial charge in [0.2, 0.25) is 6.79 Å². The molecule has 0 fully saturated rings. The molecule has 0 radical (unpaired) electrons. The molecule has 2 aliphatic heterocycles. The van der Waals surface area contributed by atoms with Gasteiger partial charge in [-0.3, -0.25) is 4.79 Å². The average molecular weight is 303 g/mol. The number of hydrogen-bond donors (Lipinski definition) is 1. The van der Waals surface area contributed by atoms with Crippen LogP contribution >= 0.6 is 0 Å². The van der Waals surface area contributed by atoms with Crippen molar-refractivity contribution < 1.29 is 23.8 Å². The molecule has 116 valence electrons. The van der Waals surface area contributed by atoms with E-state index in [1.54, 1.807) is 39.0 Å². The predicted octanol–water partition coefficient (Wildman–Crippen LogP) is 1.88. The summed E-state index contributed by atoms with van der Waals surface area (Å²) in [6.07, 6.45) is 1.64. The number of hydrogen-bond acceptors (Lipinski definition) is 5. The molecule has 22 heavy (non-hydrogen) atoms. The molecule has 6 nitrogen and oxygen atoms in total. The summed E-state index contributed by atoms with van der Waals surface area (Å²) in [7, 11) is 0. The van der Waals surface area contributed by atoms with Crippen molar-refractivity contribution in [3.05, 3.63) is 29.3 Å². The Morgan fingerprint density at radius 3 is 2.77 bits per heavy atom. The summed E-state index contributed by atoms with van der Waals surface area (Å²) < 4.78 is 16.2. The first-order valence-electron chi connectivity index (χ1n) is 7.01. The lowest BCUT2D eigenvalue weighted by atomic mass is 9.97. The fraction of sp³-hybridized carbons (Fsp3) is 0.375. The second-order valence-corrected chi connectivity index (χ2v) is 6.05. The van der Waals surface area contributed by atoms with Crippen molar-refractivity contribution in [1.82, 2.24) is 5.32 Å². The Hall–Kier alpha value is -2.50. The monoisotopic (exact) mass is 303 g/mol. The third kappa shape index (κ3) is 2.52. The van der Waals surface area contributed by atoms with E-state index in [0.717, 1.165) is 0 Å². The molecule has 0 spiro atoms. The quantitative estimate of drug-likeness (QED) is 0.802. The number of fused-ring (bicyclic) bond motifs is 3. The van der Waals surface area contributed by atoms with Crippen LogP contribution in [0.3, 0.4) is 0 Å². The normalized spacial score (nSPS) is 16.3. The van der Waals surface area contributed by atoms with Crippen molar-refractivity contribution in [1.29, 1.82) is 0 Å². The highest BCUT2D eigenvalue weighted by Gasteiger charge is 2.32. The molecule has 0 unspecified atom stereocenters. The van der Waals surface area contributed by atoms with Crippen LogP contribution in [0.4, 0.5) is 0 Å². The van der Waals surface area contributed by atoms with Gasteiger partial charge in [-0.25, -0.2) is 4.79 Å². The van der Waals surface area contributed by atoms with Gasteiger partial charge in [-0.2, -0.15) is 0 Å². The van der Waals surface area contributed by atoms with Crippen LogP contribution in [0, 0.1) is 0 Å². The van der Waals surface area contributed by atoms with Crippen LogP contribution in [0.5, 0.6) is 11.5 Å². The molecule has 1 aromatic carbocycles. The van der Waals surface area contributed by atoms with Gasteiger partial charge < -0.3 is 19.5 Å². The standard InChI is InChI=1S/C16H17NO5/c1-16(2,3)22-15(19)10-6-7-17-14(18)9-4-5-11-13(12(9)10)21-8-20-11/h4-6H,7-8H2,1-3H3,(H,17,18). The molecule has 2 heterocycles. The molecule has 0 saturated carbocycles. The summed E-state index contributed by atoms with van der Waals surface area (Å²) in [6.45, 7) is 5.69. The van der Waals surface area contributed by atoms with Crippen LogP contribution in [0.2, 0.25) is 0 Å². The second-order valence-electron chi connectivity index (χ2n) is 6.05. The van der Waals surface area contributed by atoms with E-state index < -0.39 is 11.6 Å². The van der Waals surface area contributed by atoms with Crippen molar-refractivity contribution >= 4 is 17.4 Å². The smallest absolute Gasteiger partial charge is 0.339 e. The van der Waals surface area contributed by atoms with Crippen LogP contribution in [0.1, 0.15) is 36.7 Å². The third-order valence-electron chi connectivity index (χ3n) is 3.24. The van der Waals surface area contributed by atoms with Crippen molar-refractivity contribution in [3.8, 4) is 11.5 Å². The molecule has 3 rings (SSSR count). The topological polar surface area (TPSA) is 73.9 Å². The molecular formula is C16H17NO5. The lowest BCUT2D eigenvalue weighted by Crippen LogP contribution is -2.25. The van der Waals surface area contributed by atoms with E-state index in [1.165, 1.54) is 0 Å². The Labute approximate surface area is 128 Å². The summed E-state index contributed by atoms with van der Waals surface area (Å²) in [5.74, 6) is 0.173. The lowest BCUT2D eigenvalue weighted by molar-refractivity contribution is -0.147. The first-order chi connectivity index (χ1) is 10.4. The minimum absolute atomic E-state index is 0.0645. The lowest BCUT2D eigenvalue weighted by Gasteiger charge is -2.21. The number of benzene rings is 1. The molecule has 1 aromatic rings. The zero-order chi connectivity index (χ0) is 15.9. The Balaban J connectivity index is 2.12. The highest BCUT2D eigenvalue weighted by atomic mass is 16.7. The number of rotatable bonds is 1. The molecule has 1 N–H and O–H groups in total. The van der Waals surface area contributed by atoms with Gasteiger partial charge in [-0.15, -0.1) is 0 Å². The maximum absolute atomic E-state index is 12.5. The second kappa shape index (κ2) is 5.05. The van der Waals surface area contributed by atoms with Gasteiger partial charge in [0, 0.05) is 12.1 Å². The molecule has 6 heteroatoms. The van der Waals surface area contributed by atoms with Crippen LogP contribution in [-0.4, -0.2) is 30.8 Å². The van der Waals surface area contributed by atoms with Gasteiger partial charge in [0.15, 0.2) is 11.5 Å². The van der Waals surface area contributed by atoms with Crippen molar-refractivity contribution in [3.63, 3.8) is 0 Å². The summed E-state index contributed by atoms with van der Waals surface area (Å²) in [6, 6.07) is 3.29. The fourth-order valence-corrected chi connectivity index (χ4v) is 2.39. The molecule has 1 amide bonds. The van der Waals surface area contributed by atoms with E-state index in [0.29, 0.717) is 28.2 Å². The maximum atomic E-state index is 12.5. The van der Waals surface area contributed by atoms with E-state index in [4.69, 9.17) is 14.2 Å². The molecule has 2 aliphatic rings. The zero-order valence-electron chi connectivity index (χ0n) is 12.7. The number of amides is 1. The Bertz CT molecular complexity index is 685.